The van der Waals surface area contributed by atoms with Crippen molar-refractivity contribution in [3.8, 4) is 0 Å². The van der Waals surface area contributed by atoms with Crippen molar-refractivity contribution in [2.75, 3.05) is 26.2 Å². The molecule has 0 bridgehead atoms. The van der Waals surface area contributed by atoms with E-state index < -0.39 is 29.7 Å². The van der Waals surface area contributed by atoms with Crippen LogP contribution in [0.4, 0.5) is 0 Å². The molecule has 0 aliphatic carbocycles. The lowest BCUT2D eigenvalue weighted by atomic mass is 9.99. The summed E-state index contributed by atoms with van der Waals surface area (Å²) < 4.78 is 0. The van der Waals surface area contributed by atoms with Gasteiger partial charge in [-0.25, -0.2) is 0 Å². The standard InChI is InChI=1S/C20H24N4O5/c1-20(11-25)10-23(7-6-21-20)9-12-2-3-13-14(8-12)19(29)24(18(13)28)15-4-5-16(26)22-17(15)27/h2-3,8,15,21,25H,4-7,9-11H2,1H3,(H,22,26,27). The van der Waals surface area contributed by atoms with E-state index in [-0.39, 0.29) is 36.1 Å². The van der Waals surface area contributed by atoms with Crippen molar-refractivity contribution in [1.82, 2.24) is 20.4 Å². The topological polar surface area (TPSA) is 119 Å². The van der Waals surface area contributed by atoms with Crippen LogP contribution >= 0.6 is 0 Å². The van der Waals surface area contributed by atoms with Crippen LogP contribution in [0.1, 0.15) is 46.0 Å². The molecule has 0 radical (unpaired) electrons. The van der Waals surface area contributed by atoms with E-state index in [1.54, 1.807) is 12.1 Å². The third-order valence-electron chi connectivity index (χ3n) is 5.81. The smallest absolute Gasteiger partial charge is 0.262 e. The Bertz CT molecular complexity index is 901. The van der Waals surface area contributed by atoms with Crippen molar-refractivity contribution >= 4 is 23.6 Å². The van der Waals surface area contributed by atoms with Crippen molar-refractivity contribution in [2.45, 2.75) is 37.9 Å². The molecule has 3 N–H and O–H groups in total. The molecule has 1 aromatic carbocycles. The molecule has 29 heavy (non-hydrogen) atoms. The minimum absolute atomic E-state index is 0.0294. The predicted molar refractivity (Wildman–Crippen MR) is 102 cm³/mol. The van der Waals surface area contributed by atoms with E-state index in [0.29, 0.717) is 13.1 Å². The van der Waals surface area contributed by atoms with Crippen molar-refractivity contribution in [3.63, 3.8) is 0 Å². The number of amides is 4. The van der Waals surface area contributed by atoms with Gasteiger partial charge in [0.2, 0.25) is 11.8 Å². The van der Waals surface area contributed by atoms with E-state index in [9.17, 15) is 24.3 Å². The Kier molecular flexibility index (Phi) is 4.97. The van der Waals surface area contributed by atoms with Crippen LogP contribution in [0.3, 0.4) is 0 Å². The number of piperidine rings is 1. The Morgan fingerprint density at radius 1 is 1.17 bits per heavy atom. The molecule has 0 saturated carbocycles. The normalized spacial score (nSPS) is 27.9. The zero-order chi connectivity index (χ0) is 20.8. The summed E-state index contributed by atoms with van der Waals surface area (Å²) in [4.78, 5) is 52.3. The highest BCUT2D eigenvalue weighted by Gasteiger charge is 2.44. The summed E-state index contributed by atoms with van der Waals surface area (Å²) in [5.41, 5.74) is 1.09. The first-order valence-electron chi connectivity index (χ1n) is 9.74. The van der Waals surface area contributed by atoms with Crippen LogP contribution in [-0.4, -0.2) is 76.4 Å². The van der Waals surface area contributed by atoms with Crippen LogP contribution in [0.2, 0.25) is 0 Å². The molecule has 1 aromatic rings. The minimum Gasteiger partial charge on any atom is -0.394 e. The van der Waals surface area contributed by atoms with Gasteiger partial charge in [0.25, 0.3) is 11.8 Å². The number of benzene rings is 1. The number of aliphatic hydroxyl groups excluding tert-OH is 1. The van der Waals surface area contributed by atoms with Gasteiger partial charge < -0.3 is 10.4 Å². The molecule has 4 amide bonds. The van der Waals surface area contributed by atoms with Crippen LogP contribution in [0, 0.1) is 0 Å². The molecule has 2 unspecified atom stereocenters. The average molecular weight is 400 g/mol. The number of carbonyl (C=O) groups excluding carboxylic acids is 4. The first-order chi connectivity index (χ1) is 13.8. The number of nitrogens with one attached hydrogen (secondary N) is 2. The summed E-state index contributed by atoms with van der Waals surface area (Å²) in [5.74, 6) is -2.00. The van der Waals surface area contributed by atoms with Gasteiger partial charge in [-0.05, 0) is 31.0 Å². The number of rotatable bonds is 4. The van der Waals surface area contributed by atoms with E-state index >= 15 is 0 Å². The monoisotopic (exact) mass is 400 g/mol. The maximum Gasteiger partial charge on any atom is 0.262 e. The van der Waals surface area contributed by atoms with Crippen LogP contribution in [0.15, 0.2) is 18.2 Å². The zero-order valence-corrected chi connectivity index (χ0v) is 16.2. The van der Waals surface area contributed by atoms with Crippen molar-refractivity contribution in [1.29, 1.82) is 0 Å². The van der Waals surface area contributed by atoms with Gasteiger partial charge in [-0.2, -0.15) is 0 Å². The third-order valence-corrected chi connectivity index (χ3v) is 5.81. The molecule has 154 valence electrons. The molecule has 3 aliphatic rings. The second-order valence-corrected chi connectivity index (χ2v) is 8.18. The van der Waals surface area contributed by atoms with E-state index in [2.05, 4.69) is 15.5 Å². The van der Waals surface area contributed by atoms with E-state index in [0.717, 1.165) is 23.6 Å². The highest BCUT2D eigenvalue weighted by Crippen LogP contribution is 2.29. The Morgan fingerprint density at radius 3 is 2.66 bits per heavy atom. The lowest BCUT2D eigenvalue weighted by molar-refractivity contribution is -0.136. The predicted octanol–water partition coefficient (Wildman–Crippen LogP) is -0.756. The van der Waals surface area contributed by atoms with Crippen LogP contribution in [0.25, 0.3) is 0 Å². The lowest BCUT2D eigenvalue weighted by Crippen LogP contribution is -2.60. The molecule has 9 heteroatoms. The van der Waals surface area contributed by atoms with Gasteiger partial charge in [0.1, 0.15) is 6.04 Å². The van der Waals surface area contributed by atoms with Crippen molar-refractivity contribution in [3.05, 3.63) is 34.9 Å². The summed E-state index contributed by atoms with van der Waals surface area (Å²) >= 11 is 0. The number of fused-ring (bicyclic) bond motifs is 1. The van der Waals surface area contributed by atoms with Crippen LogP contribution in [0.5, 0.6) is 0 Å². The number of hydrogen-bond donors (Lipinski definition) is 3. The minimum atomic E-state index is -0.956. The fourth-order valence-electron chi connectivity index (χ4n) is 4.26. The van der Waals surface area contributed by atoms with Gasteiger partial charge in [0.05, 0.1) is 23.3 Å². The third kappa shape index (κ3) is 3.57. The second kappa shape index (κ2) is 7.33. The number of aliphatic hydroxyl groups is 1. The van der Waals surface area contributed by atoms with Crippen LogP contribution in [-0.2, 0) is 16.1 Å². The molecule has 2 fully saturated rings. The molecule has 2 atom stereocenters. The van der Waals surface area contributed by atoms with Gasteiger partial charge in [-0.15, -0.1) is 0 Å². The summed E-state index contributed by atoms with van der Waals surface area (Å²) in [7, 11) is 0. The number of nitrogens with zero attached hydrogens (tertiary/aromatic N) is 2. The molecule has 4 rings (SSSR count). The van der Waals surface area contributed by atoms with Crippen LogP contribution < -0.4 is 10.6 Å². The Hall–Kier alpha value is -2.62. The maximum atomic E-state index is 12.9. The van der Waals surface area contributed by atoms with Gasteiger partial charge in [0, 0.05) is 32.6 Å². The fraction of sp³-hybridized carbons (Fsp3) is 0.500. The fourth-order valence-corrected chi connectivity index (χ4v) is 4.26. The number of imide groups is 2. The quantitative estimate of drug-likeness (QED) is 0.569. The summed E-state index contributed by atoms with van der Waals surface area (Å²) in [6.07, 6.45) is 0.241. The SMILES string of the molecule is CC1(CO)CN(Cc2ccc3c(c2)C(=O)N(C2CCC(=O)NC2=O)C3=O)CCN1. The highest BCUT2D eigenvalue weighted by molar-refractivity contribution is 6.23. The molecule has 3 heterocycles. The zero-order valence-electron chi connectivity index (χ0n) is 16.2. The second-order valence-electron chi connectivity index (χ2n) is 8.18. The number of carbonyl (C=O) groups is 4. The Morgan fingerprint density at radius 2 is 1.93 bits per heavy atom. The molecule has 0 spiro atoms. The Balaban J connectivity index is 1.53. The molecule has 0 aromatic heterocycles. The largest absolute Gasteiger partial charge is 0.394 e. The first kappa shape index (κ1) is 19.7. The molecule has 3 aliphatic heterocycles. The van der Waals surface area contributed by atoms with Gasteiger partial charge >= 0.3 is 0 Å². The van der Waals surface area contributed by atoms with Crippen molar-refractivity contribution < 1.29 is 24.3 Å². The van der Waals surface area contributed by atoms with Crippen molar-refractivity contribution in [2.24, 2.45) is 0 Å². The highest BCUT2D eigenvalue weighted by atomic mass is 16.3. The maximum absolute atomic E-state index is 12.9. The number of hydrogen-bond acceptors (Lipinski definition) is 7. The Labute approximate surface area is 168 Å². The summed E-state index contributed by atoms with van der Waals surface area (Å²) in [6, 6.07) is 4.20. The van der Waals surface area contributed by atoms with Gasteiger partial charge in [0.15, 0.2) is 0 Å². The average Bonchev–Trinajstić information content (AvgIpc) is 2.93. The lowest BCUT2D eigenvalue weighted by Gasteiger charge is -2.40. The van der Waals surface area contributed by atoms with Gasteiger partial charge in [-0.1, -0.05) is 6.07 Å². The molecular weight excluding hydrogens is 376 g/mol. The molecule has 2 saturated heterocycles. The molecular formula is C20H24N4O5. The van der Waals surface area contributed by atoms with E-state index in [1.807, 2.05) is 13.0 Å². The van der Waals surface area contributed by atoms with E-state index in [4.69, 9.17) is 0 Å². The summed E-state index contributed by atoms with van der Waals surface area (Å²) in [6.45, 7) is 4.80. The number of piperazine rings is 1. The first-order valence-corrected chi connectivity index (χ1v) is 9.74. The molecule has 9 nitrogen and oxygen atoms in total. The summed E-state index contributed by atoms with van der Waals surface area (Å²) in [5, 5.41) is 15.1. The van der Waals surface area contributed by atoms with Gasteiger partial charge in [-0.3, -0.25) is 34.3 Å². The van der Waals surface area contributed by atoms with E-state index in [1.165, 1.54) is 0 Å².